The van der Waals surface area contributed by atoms with Gasteiger partial charge in [0.25, 0.3) is 0 Å². The molecule has 0 aliphatic heterocycles. The first-order valence-corrected chi connectivity index (χ1v) is 13.2. The van der Waals surface area contributed by atoms with Gasteiger partial charge in [0.1, 0.15) is 0 Å². The molecule has 0 amide bonds. The zero-order valence-electron chi connectivity index (χ0n) is 21.3. The van der Waals surface area contributed by atoms with Crippen molar-refractivity contribution in [3.8, 4) is 11.8 Å². The maximum absolute atomic E-state index is 10.3. The van der Waals surface area contributed by atoms with Crippen molar-refractivity contribution in [1.29, 1.82) is 0 Å². The van der Waals surface area contributed by atoms with Crippen LogP contribution in [0.25, 0.3) is 0 Å². The molecule has 0 saturated heterocycles. The van der Waals surface area contributed by atoms with Gasteiger partial charge in [-0.15, -0.1) is 0 Å². The molecule has 3 nitrogen and oxygen atoms in total. The van der Waals surface area contributed by atoms with Crippen LogP contribution in [-0.4, -0.2) is 27.5 Å². The monoisotopic (exact) mass is 462 g/mol. The summed E-state index contributed by atoms with van der Waals surface area (Å²) in [5, 5.41) is 30.4. The standard InChI is InChI=1S/C31H42O3/c1-21(10-11-22-7-5-9-25(17-22)30(2,3)34)28-14-15-29-24(8-6-16-31(28,29)4)13-12-23-18-26(32)20-27(33)19-23/h5,7,9,12-13,17,21,26-29,32-34H,6,8,14-16,18-20H2,1-4H3/b24-13+/t21-,26-,27-,28-,29+,31-/m1/s1. The molecule has 1 aromatic carbocycles. The van der Waals surface area contributed by atoms with Crippen LogP contribution in [0.1, 0.15) is 90.2 Å². The number of hydrogen-bond donors (Lipinski definition) is 3. The maximum atomic E-state index is 10.3. The van der Waals surface area contributed by atoms with Crippen LogP contribution < -0.4 is 0 Å². The molecule has 3 saturated carbocycles. The van der Waals surface area contributed by atoms with Crippen LogP contribution in [0.15, 0.2) is 47.6 Å². The third kappa shape index (κ3) is 5.51. The minimum absolute atomic E-state index is 0.275. The fraction of sp³-hybridized carbons (Fsp3) is 0.613. The Morgan fingerprint density at radius 1 is 1.12 bits per heavy atom. The van der Waals surface area contributed by atoms with E-state index in [-0.39, 0.29) is 5.41 Å². The number of aliphatic hydroxyl groups is 3. The smallest absolute Gasteiger partial charge is 0.0840 e. The Morgan fingerprint density at radius 2 is 1.85 bits per heavy atom. The molecule has 3 N–H and O–H groups in total. The van der Waals surface area contributed by atoms with Gasteiger partial charge < -0.3 is 15.3 Å². The maximum Gasteiger partial charge on any atom is 0.0840 e. The van der Waals surface area contributed by atoms with Gasteiger partial charge in [0.05, 0.1) is 17.8 Å². The van der Waals surface area contributed by atoms with Crippen LogP contribution in [0.2, 0.25) is 0 Å². The van der Waals surface area contributed by atoms with Gasteiger partial charge in [0.2, 0.25) is 0 Å². The Labute approximate surface area is 206 Å². The van der Waals surface area contributed by atoms with Gasteiger partial charge in [-0.25, -0.2) is 0 Å². The third-order valence-electron chi connectivity index (χ3n) is 8.73. The average Bonchev–Trinajstić information content (AvgIpc) is 3.12. The molecule has 184 valence electrons. The minimum Gasteiger partial charge on any atom is -0.393 e. The van der Waals surface area contributed by atoms with E-state index in [0.717, 1.165) is 17.5 Å². The normalized spacial score (nSPS) is 33.7. The van der Waals surface area contributed by atoms with E-state index in [1.54, 1.807) is 5.57 Å². The summed E-state index contributed by atoms with van der Waals surface area (Å²) < 4.78 is 0. The van der Waals surface area contributed by atoms with E-state index in [4.69, 9.17) is 0 Å². The Morgan fingerprint density at radius 3 is 2.56 bits per heavy atom. The van der Waals surface area contributed by atoms with Crippen molar-refractivity contribution in [2.24, 2.45) is 23.2 Å². The number of rotatable bonds is 3. The first-order valence-electron chi connectivity index (χ1n) is 13.2. The number of aliphatic hydroxyl groups excluding tert-OH is 2. The highest BCUT2D eigenvalue weighted by Gasteiger charge is 2.50. The van der Waals surface area contributed by atoms with Gasteiger partial charge in [0.15, 0.2) is 0 Å². The quantitative estimate of drug-likeness (QED) is 0.492. The molecule has 3 fully saturated rings. The van der Waals surface area contributed by atoms with Crippen LogP contribution in [0.5, 0.6) is 0 Å². The fourth-order valence-corrected chi connectivity index (χ4v) is 6.91. The Hall–Kier alpha value is -1.86. The lowest BCUT2D eigenvalue weighted by Crippen LogP contribution is -2.35. The lowest BCUT2D eigenvalue weighted by molar-refractivity contribution is 0.0609. The second-order valence-electron chi connectivity index (χ2n) is 11.8. The van der Waals surface area contributed by atoms with Gasteiger partial charge in [-0.1, -0.05) is 61.1 Å². The summed E-state index contributed by atoms with van der Waals surface area (Å²) in [6, 6.07) is 7.97. The van der Waals surface area contributed by atoms with Crippen LogP contribution in [-0.2, 0) is 5.60 Å². The molecule has 3 aliphatic rings. The zero-order valence-corrected chi connectivity index (χ0v) is 21.3. The molecule has 0 spiro atoms. The van der Waals surface area contributed by atoms with Gasteiger partial charge >= 0.3 is 0 Å². The number of fused-ring (bicyclic) bond motifs is 1. The lowest BCUT2D eigenvalue weighted by Gasteiger charge is -2.43. The minimum atomic E-state index is -0.858. The predicted octanol–water partition coefficient (Wildman–Crippen LogP) is 5.88. The van der Waals surface area contributed by atoms with E-state index in [2.05, 4.69) is 37.8 Å². The highest BCUT2D eigenvalue weighted by Crippen LogP contribution is 2.59. The van der Waals surface area contributed by atoms with Crippen molar-refractivity contribution in [3.63, 3.8) is 0 Å². The molecule has 0 unspecified atom stereocenters. The molecule has 4 rings (SSSR count). The molecule has 3 heteroatoms. The van der Waals surface area contributed by atoms with Crippen molar-refractivity contribution in [1.82, 2.24) is 0 Å². The van der Waals surface area contributed by atoms with Gasteiger partial charge in [0, 0.05) is 11.5 Å². The van der Waals surface area contributed by atoms with Gasteiger partial charge in [-0.05, 0) is 100 Å². The van der Waals surface area contributed by atoms with Crippen molar-refractivity contribution < 1.29 is 15.3 Å². The molecule has 34 heavy (non-hydrogen) atoms. The summed E-state index contributed by atoms with van der Waals surface area (Å²) in [7, 11) is 0. The molecule has 1 aromatic rings. The SMILES string of the molecule is C[C@H](C#Cc1cccc(C(C)(C)O)c1)[C@H]1CC[C@H]2/C(=C/C=C3C[C@@H](O)C[C@H](O)C3)CCC[C@]12C. The summed E-state index contributed by atoms with van der Waals surface area (Å²) in [5.41, 5.74) is 4.01. The molecule has 3 aliphatic carbocycles. The lowest BCUT2D eigenvalue weighted by atomic mass is 9.61. The van der Waals surface area contributed by atoms with Crippen LogP contribution in [0, 0.1) is 35.0 Å². The number of hydrogen-bond acceptors (Lipinski definition) is 3. The Bertz CT molecular complexity index is 989. The predicted molar refractivity (Wildman–Crippen MR) is 138 cm³/mol. The topological polar surface area (TPSA) is 60.7 Å². The Balaban J connectivity index is 1.50. The molecule has 0 radical (unpaired) electrons. The van der Waals surface area contributed by atoms with Crippen LogP contribution in [0.4, 0.5) is 0 Å². The van der Waals surface area contributed by atoms with Crippen LogP contribution >= 0.6 is 0 Å². The van der Waals surface area contributed by atoms with Crippen molar-refractivity contribution >= 4 is 0 Å². The van der Waals surface area contributed by atoms with Crippen molar-refractivity contribution in [2.45, 2.75) is 96.9 Å². The fourth-order valence-electron chi connectivity index (χ4n) is 6.91. The molecule has 0 heterocycles. The first-order chi connectivity index (χ1) is 16.1. The van der Waals surface area contributed by atoms with E-state index in [0.29, 0.717) is 37.0 Å². The summed E-state index contributed by atoms with van der Waals surface area (Å²) >= 11 is 0. The number of allylic oxidation sites excluding steroid dienone is 3. The Kier molecular flexibility index (Phi) is 7.44. The van der Waals surface area contributed by atoms with Gasteiger partial charge in [-0.3, -0.25) is 0 Å². The largest absolute Gasteiger partial charge is 0.393 e. The van der Waals surface area contributed by atoms with Crippen LogP contribution in [0.3, 0.4) is 0 Å². The molecular weight excluding hydrogens is 420 g/mol. The average molecular weight is 463 g/mol. The zero-order chi connectivity index (χ0) is 24.5. The second kappa shape index (κ2) is 10.0. The summed E-state index contributed by atoms with van der Waals surface area (Å²) in [4.78, 5) is 0. The van der Waals surface area contributed by atoms with E-state index >= 15 is 0 Å². The number of benzene rings is 1. The molecule has 6 atom stereocenters. The van der Waals surface area contributed by atoms with E-state index < -0.39 is 17.8 Å². The van der Waals surface area contributed by atoms with E-state index in [1.165, 1.54) is 31.3 Å². The molecule has 0 bridgehead atoms. The van der Waals surface area contributed by atoms with Crippen molar-refractivity contribution in [3.05, 3.63) is 58.7 Å². The summed E-state index contributed by atoms with van der Waals surface area (Å²) in [6.45, 7) is 8.39. The second-order valence-corrected chi connectivity index (χ2v) is 11.8. The first kappa shape index (κ1) is 25.2. The highest BCUT2D eigenvalue weighted by molar-refractivity contribution is 5.39. The summed E-state index contributed by atoms with van der Waals surface area (Å²) in [5.74, 6) is 8.47. The highest BCUT2D eigenvalue weighted by atomic mass is 16.3. The van der Waals surface area contributed by atoms with Crippen molar-refractivity contribution in [2.75, 3.05) is 0 Å². The van der Waals surface area contributed by atoms with E-state index in [9.17, 15) is 15.3 Å². The third-order valence-corrected chi connectivity index (χ3v) is 8.73. The van der Waals surface area contributed by atoms with E-state index in [1.807, 2.05) is 38.1 Å². The molecule has 0 aromatic heterocycles. The molecular formula is C31H42O3. The summed E-state index contributed by atoms with van der Waals surface area (Å²) in [6.07, 6.45) is 11.6. The van der Waals surface area contributed by atoms with Gasteiger partial charge in [-0.2, -0.15) is 0 Å².